The summed E-state index contributed by atoms with van der Waals surface area (Å²) in [7, 11) is 0. The molecule has 0 aliphatic heterocycles. The highest BCUT2D eigenvalue weighted by Gasteiger charge is 2.31. The van der Waals surface area contributed by atoms with Gasteiger partial charge in [0.05, 0.1) is 17.5 Å². The number of anilines is 1. The van der Waals surface area contributed by atoms with Crippen molar-refractivity contribution in [1.29, 1.82) is 0 Å². The zero-order valence-corrected chi connectivity index (χ0v) is 14.3. The second kappa shape index (κ2) is 6.92. The summed E-state index contributed by atoms with van der Waals surface area (Å²) in [5, 5.41) is 17.9. The molecule has 1 heterocycles. The summed E-state index contributed by atoms with van der Waals surface area (Å²) >= 11 is 3.34. The highest BCUT2D eigenvalue weighted by atomic mass is 79.9. The molecule has 2 N–H and O–H groups in total. The molecule has 118 valence electrons. The molecular formula is C15H24BrN3O2. The molecule has 0 amide bonds. The molecule has 0 spiro atoms. The Kier molecular flexibility index (Phi) is 5.43. The van der Waals surface area contributed by atoms with E-state index in [4.69, 9.17) is 0 Å². The Morgan fingerprint density at radius 1 is 1.52 bits per heavy atom. The van der Waals surface area contributed by atoms with Crippen LogP contribution in [0.15, 0.2) is 15.5 Å². The van der Waals surface area contributed by atoms with Crippen LogP contribution in [0.2, 0.25) is 0 Å². The van der Waals surface area contributed by atoms with Gasteiger partial charge in [0.1, 0.15) is 4.47 Å². The van der Waals surface area contributed by atoms with Crippen LogP contribution in [-0.4, -0.2) is 27.0 Å². The van der Waals surface area contributed by atoms with Gasteiger partial charge in [0, 0.05) is 13.1 Å². The first-order valence-corrected chi connectivity index (χ1v) is 8.46. The summed E-state index contributed by atoms with van der Waals surface area (Å²) in [4.78, 5) is 12.1. The Morgan fingerprint density at radius 3 is 2.81 bits per heavy atom. The SMILES string of the molecule is CCCn1ncc(NCC2(O)CCC(C)CC2)c(Br)c1=O. The minimum Gasteiger partial charge on any atom is -0.388 e. The molecule has 6 heteroatoms. The third-order valence-corrected chi connectivity index (χ3v) is 5.00. The minimum absolute atomic E-state index is 0.133. The zero-order chi connectivity index (χ0) is 15.5. The van der Waals surface area contributed by atoms with Gasteiger partial charge in [-0.05, 0) is 54.0 Å². The molecule has 1 aromatic heterocycles. The molecule has 0 aromatic carbocycles. The quantitative estimate of drug-likeness (QED) is 0.850. The average Bonchev–Trinajstić information content (AvgIpc) is 2.47. The van der Waals surface area contributed by atoms with Gasteiger partial charge in [0.15, 0.2) is 0 Å². The summed E-state index contributed by atoms with van der Waals surface area (Å²) in [5.74, 6) is 0.691. The van der Waals surface area contributed by atoms with Gasteiger partial charge in [-0.15, -0.1) is 0 Å². The maximum absolute atomic E-state index is 12.1. The maximum Gasteiger partial charge on any atom is 0.283 e. The van der Waals surface area contributed by atoms with E-state index in [1.807, 2.05) is 6.92 Å². The summed E-state index contributed by atoms with van der Waals surface area (Å²) < 4.78 is 1.94. The molecule has 1 aromatic rings. The van der Waals surface area contributed by atoms with Crippen molar-refractivity contribution in [3.63, 3.8) is 0 Å². The number of aliphatic hydroxyl groups is 1. The van der Waals surface area contributed by atoms with Crippen LogP contribution in [0.1, 0.15) is 46.0 Å². The smallest absolute Gasteiger partial charge is 0.283 e. The van der Waals surface area contributed by atoms with Crippen LogP contribution in [0.4, 0.5) is 5.69 Å². The highest BCUT2D eigenvalue weighted by molar-refractivity contribution is 9.10. The Hall–Kier alpha value is -0.880. The van der Waals surface area contributed by atoms with Crippen LogP contribution in [-0.2, 0) is 6.54 Å². The molecule has 5 nitrogen and oxygen atoms in total. The van der Waals surface area contributed by atoms with Crippen molar-refractivity contribution in [2.24, 2.45) is 5.92 Å². The lowest BCUT2D eigenvalue weighted by Crippen LogP contribution is -2.40. The Labute approximate surface area is 133 Å². The van der Waals surface area contributed by atoms with Gasteiger partial charge in [-0.1, -0.05) is 13.8 Å². The molecule has 0 bridgehead atoms. The molecule has 0 radical (unpaired) electrons. The standard InChI is InChI=1S/C15H24BrN3O2/c1-3-8-19-14(20)13(16)12(9-18-19)17-10-15(21)6-4-11(2)5-7-15/h9,11,17,21H,3-8,10H2,1-2H3. The predicted octanol–water partition coefficient (Wildman–Crippen LogP) is 2.77. The summed E-state index contributed by atoms with van der Waals surface area (Å²) in [5.41, 5.74) is -0.157. The lowest BCUT2D eigenvalue weighted by atomic mass is 9.79. The summed E-state index contributed by atoms with van der Waals surface area (Å²) in [6, 6.07) is 0. The number of aryl methyl sites for hydroxylation is 1. The lowest BCUT2D eigenvalue weighted by molar-refractivity contribution is 0.00499. The molecule has 2 rings (SSSR count). The minimum atomic E-state index is -0.676. The van der Waals surface area contributed by atoms with Gasteiger partial charge in [-0.3, -0.25) is 4.79 Å². The number of halogens is 1. The van der Waals surface area contributed by atoms with Crippen LogP contribution >= 0.6 is 15.9 Å². The lowest BCUT2D eigenvalue weighted by Gasteiger charge is -2.35. The normalized spacial score (nSPS) is 25.8. The average molecular weight is 358 g/mol. The van der Waals surface area contributed by atoms with E-state index >= 15 is 0 Å². The van der Waals surface area contributed by atoms with Gasteiger partial charge in [0.25, 0.3) is 5.56 Å². The van der Waals surface area contributed by atoms with Crippen molar-refractivity contribution in [2.45, 2.75) is 58.1 Å². The first kappa shape index (κ1) is 16.5. The number of hydrogen-bond donors (Lipinski definition) is 2. The fourth-order valence-corrected chi connectivity index (χ4v) is 3.14. The summed E-state index contributed by atoms with van der Waals surface area (Å²) in [6.07, 6.45) is 6.23. The maximum atomic E-state index is 12.1. The van der Waals surface area contributed by atoms with E-state index in [0.717, 1.165) is 32.1 Å². The molecular weight excluding hydrogens is 334 g/mol. The topological polar surface area (TPSA) is 67.2 Å². The molecule has 1 aliphatic rings. The number of nitrogens with one attached hydrogen (secondary N) is 1. The van der Waals surface area contributed by atoms with Gasteiger partial charge >= 0.3 is 0 Å². The second-order valence-electron chi connectivity index (χ2n) is 6.16. The fourth-order valence-electron chi connectivity index (χ4n) is 2.70. The fraction of sp³-hybridized carbons (Fsp3) is 0.733. The first-order chi connectivity index (χ1) is 9.95. The number of aromatic nitrogens is 2. The van der Waals surface area contributed by atoms with E-state index in [0.29, 0.717) is 29.2 Å². The van der Waals surface area contributed by atoms with Gasteiger partial charge < -0.3 is 10.4 Å². The Morgan fingerprint density at radius 2 is 2.19 bits per heavy atom. The van der Waals surface area contributed by atoms with Crippen molar-refractivity contribution in [3.05, 3.63) is 21.0 Å². The first-order valence-electron chi connectivity index (χ1n) is 7.67. The third-order valence-electron chi connectivity index (χ3n) is 4.23. The van der Waals surface area contributed by atoms with Crippen molar-refractivity contribution in [3.8, 4) is 0 Å². The molecule has 1 aliphatic carbocycles. The zero-order valence-electron chi connectivity index (χ0n) is 12.7. The van der Waals surface area contributed by atoms with Crippen molar-refractivity contribution in [2.75, 3.05) is 11.9 Å². The highest BCUT2D eigenvalue weighted by Crippen LogP contribution is 2.32. The molecule has 0 unspecified atom stereocenters. The molecule has 1 saturated carbocycles. The Balaban J connectivity index is 2.03. The van der Waals surface area contributed by atoms with Gasteiger partial charge in [-0.25, -0.2) is 4.68 Å². The van der Waals surface area contributed by atoms with Crippen molar-refractivity contribution in [1.82, 2.24) is 9.78 Å². The molecule has 1 fully saturated rings. The van der Waals surface area contributed by atoms with Crippen LogP contribution < -0.4 is 10.9 Å². The van der Waals surface area contributed by atoms with E-state index in [9.17, 15) is 9.90 Å². The van der Waals surface area contributed by atoms with Crippen molar-refractivity contribution >= 4 is 21.6 Å². The molecule has 0 saturated heterocycles. The van der Waals surface area contributed by atoms with E-state index < -0.39 is 5.60 Å². The van der Waals surface area contributed by atoms with E-state index in [1.54, 1.807) is 6.20 Å². The monoisotopic (exact) mass is 357 g/mol. The molecule has 0 atom stereocenters. The van der Waals surface area contributed by atoms with Gasteiger partial charge in [-0.2, -0.15) is 5.10 Å². The van der Waals surface area contributed by atoms with Gasteiger partial charge in [0.2, 0.25) is 0 Å². The predicted molar refractivity (Wildman–Crippen MR) is 87.6 cm³/mol. The number of hydrogen-bond acceptors (Lipinski definition) is 4. The van der Waals surface area contributed by atoms with Crippen LogP contribution in [0.3, 0.4) is 0 Å². The largest absolute Gasteiger partial charge is 0.388 e. The Bertz CT molecular complexity index is 536. The summed E-state index contributed by atoms with van der Waals surface area (Å²) in [6.45, 7) is 5.30. The molecule has 21 heavy (non-hydrogen) atoms. The third kappa shape index (κ3) is 4.07. The van der Waals surface area contributed by atoms with Crippen LogP contribution in [0, 0.1) is 5.92 Å². The second-order valence-corrected chi connectivity index (χ2v) is 6.95. The van der Waals surface area contributed by atoms with E-state index in [-0.39, 0.29) is 5.56 Å². The van der Waals surface area contributed by atoms with E-state index in [1.165, 1.54) is 4.68 Å². The van der Waals surface area contributed by atoms with E-state index in [2.05, 4.69) is 33.3 Å². The van der Waals surface area contributed by atoms with Crippen LogP contribution in [0.25, 0.3) is 0 Å². The number of nitrogens with zero attached hydrogens (tertiary/aromatic N) is 2. The number of rotatable bonds is 5. The van der Waals surface area contributed by atoms with Crippen molar-refractivity contribution < 1.29 is 5.11 Å². The van der Waals surface area contributed by atoms with Crippen LogP contribution in [0.5, 0.6) is 0 Å².